The fourth-order valence-electron chi connectivity index (χ4n) is 2.76. The summed E-state index contributed by atoms with van der Waals surface area (Å²) in [4.78, 5) is 2.42. The molecule has 0 saturated carbocycles. The van der Waals surface area contributed by atoms with E-state index in [9.17, 15) is 8.42 Å². The summed E-state index contributed by atoms with van der Waals surface area (Å²) in [6.07, 6.45) is 2.33. The molecule has 0 unspecified atom stereocenters. The van der Waals surface area contributed by atoms with Gasteiger partial charge >= 0.3 is 0 Å². The van der Waals surface area contributed by atoms with Crippen LogP contribution in [0.4, 0.5) is 0 Å². The van der Waals surface area contributed by atoms with Crippen LogP contribution in [0.25, 0.3) is 0 Å². The number of hydrogen-bond acceptors (Lipinski definition) is 3. The second kappa shape index (κ2) is 4.60. The zero-order valence-electron chi connectivity index (χ0n) is 10.0. The van der Waals surface area contributed by atoms with Crippen molar-refractivity contribution < 1.29 is 8.42 Å². The van der Waals surface area contributed by atoms with Crippen LogP contribution in [-0.4, -0.2) is 55.9 Å². The second-order valence-electron chi connectivity index (χ2n) is 4.71. The molecule has 1 N–H and O–H groups in total. The summed E-state index contributed by atoms with van der Waals surface area (Å²) < 4.78 is 28.2. The van der Waals surface area contributed by atoms with Gasteiger partial charge in [-0.3, -0.25) is 4.90 Å². The van der Waals surface area contributed by atoms with E-state index in [2.05, 4.69) is 9.62 Å². The minimum atomic E-state index is -3.26. The average molecular weight is 247 g/mol. The van der Waals surface area contributed by atoms with Gasteiger partial charge in [-0.2, -0.15) is 12.7 Å². The molecule has 6 heteroatoms. The third-order valence-corrected chi connectivity index (χ3v) is 5.30. The van der Waals surface area contributed by atoms with Gasteiger partial charge in [0.1, 0.15) is 0 Å². The van der Waals surface area contributed by atoms with E-state index >= 15 is 0 Å². The third-order valence-electron chi connectivity index (χ3n) is 3.52. The number of nitrogens with one attached hydrogen (secondary N) is 1. The van der Waals surface area contributed by atoms with E-state index in [1.54, 1.807) is 4.31 Å². The molecule has 0 aromatic carbocycles. The quantitative estimate of drug-likeness (QED) is 0.764. The zero-order chi connectivity index (χ0) is 11.8. The summed E-state index contributed by atoms with van der Waals surface area (Å²) >= 11 is 0. The van der Waals surface area contributed by atoms with E-state index in [4.69, 9.17) is 0 Å². The summed E-state index contributed by atoms with van der Waals surface area (Å²) in [7, 11) is -3.26. The van der Waals surface area contributed by atoms with Gasteiger partial charge in [0.05, 0.1) is 0 Å². The van der Waals surface area contributed by atoms with E-state index in [0.29, 0.717) is 19.1 Å². The van der Waals surface area contributed by atoms with Gasteiger partial charge in [0.15, 0.2) is 0 Å². The predicted octanol–water partition coefficient (Wildman–Crippen LogP) is 0.00920. The molecule has 5 nitrogen and oxygen atoms in total. The Morgan fingerprint density at radius 1 is 1.38 bits per heavy atom. The van der Waals surface area contributed by atoms with Crippen molar-refractivity contribution in [3.63, 3.8) is 0 Å². The number of rotatable bonds is 3. The Balaban J connectivity index is 2.10. The Labute approximate surface area is 98.0 Å². The van der Waals surface area contributed by atoms with Crippen molar-refractivity contribution in [3.05, 3.63) is 0 Å². The summed E-state index contributed by atoms with van der Waals surface area (Å²) in [5.41, 5.74) is 0. The van der Waals surface area contributed by atoms with Crippen LogP contribution in [0.5, 0.6) is 0 Å². The first kappa shape index (κ1) is 12.3. The maximum absolute atomic E-state index is 12.0. The zero-order valence-corrected chi connectivity index (χ0v) is 10.8. The topological polar surface area (TPSA) is 52.7 Å². The van der Waals surface area contributed by atoms with E-state index in [-0.39, 0.29) is 6.04 Å². The van der Waals surface area contributed by atoms with Crippen LogP contribution < -0.4 is 4.72 Å². The second-order valence-corrected chi connectivity index (χ2v) is 6.42. The molecule has 16 heavy (non-hydrogen) atoms. The SMILES string of the molecule is CCNS(=O)(=O)N1C[C@H]2CCCN2C[C@H]1C. The van der Waals surface area contributed by atoms with Crippen LogP contribution in [-0.2, 0) is 10.2 Å². The lowest BCUT2D eigenvalue weighted by atomic mass is 10.1. The summed E-state index contributed by atoms with van der Waals surface area (Å²) in [6, 6.07) is 0.517. The first-order valence-electron chi connectivity index (χ1n) is 6.05. The van der Waals surface area contributed by atoms with E-state index in [1.807, 2.05) is 13.8 Å². The lowest BCUT2D eigenvalue weighted by Crippen LogP contribution is -2.58. The Morgan fingerprint density at radius 3 is 2.81 bits per heavy atom. The lowest BCUT2D eigenvalue weighted by Gasteiger charge is -2.41. The molecule has 94 valence electrons. The van der Waals surface area contributed by atoms with Crippen LogP contribution in [0, 0.1) is 0 Å². The van der Waals surface area contributed by atoms with E-state index in [1.165, 1.54) is 6.42 Å². The molecule has 0 spiro atoms. The molecule has 0 aliphatic carbocycles. The van der Waals surface area contributed by atoms with Gasteiger partial charge < -0.3 is 0 Å². The highest BCUT2D eigenvalue weighted by molar-refractivity contribution is 7.87. The summed E-state index contributed by atoms with van der Waals surface area (Å²) in [5, 5.41) is 0. The number of nitrogens with zero attached hydrogens (tertiary/aromatic N) is 2. The highest BCUT2D eigenvalue weighted by Crippen LogP contribution is 2.25. The van der Waals surface area contributed by atoms with Crippen LogP contribution in [0.15, 0.2) is 0 Å². The third kappa shape index (κ3) is 2.25. The standard InChI is InChI=1S/C10H21N3O2S/c1-3-11-16(14,15)13-8-10-5-4-6-12(10)7-9(13)2/h9-11H,3-8H2,1-2H3/t9-,10-/m1/s1. The molecular weight excluding hydrogens is 226 g/mol. The number of fused-ring (bicyclic) bond motifs is 1. The minimum Gasteiger partial charge on any atom is -0.297 e. The Bertz CT molecular complexity index is 344. The van der Waals surface area contributed by atoms with Crippen molar-refractivity contribution in [2.75, 3.05) is 26.2 Å². The Morgan fingerprint density at radius 2 is 2.12 bits per heavy atom. The fraction of sp³-hybridized carbons (Fsp3) is 1.00. The van der Waals surface area contributed by atoms with Gasteiger partial charge in [-0.15, -0.1) is 0 Å². The molecule has 2 rings (SSSR count). The molecule has 0 radical (unpaired) electrons. The van der Waals surface area contributed by atoms with Crippen molar-refractivity contribution in [1.29, 1.82) is 0 Å². The van der Waals surface area contributed by atoms with Crippen LogP contribution in [0.2, 0.25) is 0 Å². The molecule has 2 atom stereocenters. The largest absolute Gasteiger partial charge is 0.297 e. The average Bonchev–Trinajstić information content (AvgIpc) is 2.63. The van der Waals surface area contributed by atoms with E-state index in [0.717, 1.165) is 19.5 Å². The molecule has 2 fully saturated rings. The fourth-order valence-corrected chi connectivity index (χ4v) is 4.20. The van der Waals surface area contributed by atoms with Crippen molar-refractivity contribution in [3.8, 4) is 0 Å². The van der Waals surface area contributed by atoms with Crippen LogP contribution >= 0.6 is 0 Å². The normalized spacial score (nSPS) is 32.9. The van der Waals surface area contributed by atoms with Gasteiger partial charge in [0.2, 0.25) is 0 Å². The minimum absolute atomic E-state index is 0.0819. The highest BCUT2D eigenvalue weighted by Gasteiger charge is 2.39. The molecule has 0 aromatic rings. The maximum Gasteiger partial charge on any atom is 0.279 e. The molecular formula is C10H21N3O2S. The van der Waals surface area contributed by atoms with Gasteiger partial charge in [0, 0.05) is 31.7 Å². The predicted molar refractivity (Wildman–Crippen MR) is 63.4 cm³/mol. The first-order valence-corrected chi connectivity index (χ1v) is 7.49. The van der Waals surface area contributed by atoms with Crippen molar-refractivity contribution >= 4 is 10.2 Å². The first-order chi connectivity index (χ1) is 7.54. The van der Waals surface area contributed by atoms with Gasteiger partial charge in [0.25, 0.3) is 10.2 Å². The monoisotopic (exact) mass is 247 g/mol. The van der Waals surface area contributed by atoms with Crippen molar-refractivity contribution in [1.82, 2.24) is 13.9 Å². The number of hydrogen-bond donors (Lipinski definition) is 1. The molecule has 2 aliphatic rings. The Hall–Kier alpha value is -0.170. The molecule has 2 saturated heterocycles. The number of piperazine rings is 1. The van der Waals surface area contributed by atoms with Gasteiger partial charge in [-0.1, -0.05) is 6.92 Å². The van der Waals surface area contributed by atoms with Crippen LogP contribution in [0.3, 0.4) is 0 Å². The van der Waals surface area contributed by atoms with Crippen molar-refractivity contribution in [2.24, 2.45) is 0 Å². The van der Waals surface area contributed by atoms with Crippen molar-refractivity contribution in [2.45, 2.75) is 38.8 Å². The molecule has 2 aliphatic heterocycles. The summed E-state index contributed by atoms with van der Waals surface area (Å²) in [6.45, 7) is 6.91. The van der Waals surface area contributed by atoms with E-state index < -0.39 is 10.2 Å². The van der Waals surface area contributed by atoms with Crippen LogP contribution in [0.1, 0.15) is 26.7 Å². The summed E-state index contributed by atoms with van der Waals surface area (Å²) in [5.74, 6) is 0. The molecule has 2 heterocycles. The molecule has 0 bridgehead atoms. The van der Waals surface area contributed by atoms with Gasteiger partial charge in [-0.25, -0.2) is 4.72 Å². The Kier molecular flexibility index (Phi) is 3.53. The molecule has 0 aromatic heterocycles. The van der Waals surface area contributed by atoms with Gasteiger partial charge in [-0.05, 0) is 26.3 Å². The molecule has 0 amide bonds. The highest BCUT2D eigenvalue weighted by atomic mass is 32.2. The smallest absolute Gasteiger partial charge is 0.279 e. The maximum atomic E-state index is 12.0. The lowest BCUT2D eigenvalue weighted by molar-refractivity contribution is 0.116.